The first-order valence-electron chi connectivity index (χ1n) is 5.69. The van der Waals surface area contributed by atoms with Gasteiger partial charge in [-0.15, -0.1) is 0 Å². The van der Waals surface area contributed by atoms with Crippen LogP contribution in [0.25, 0.3) is 0 Å². The highest BCUT2D eigenvalue weighted by Crippen LogP contribution is 2.37. The van der Waals surface area contributed by atoms with Gasteiger partial charge in [-0.25, -0.2) is 0 Å². The SMILES string of the molecule is Cc1c(Br)cc2c(c1Br)C(=O)c1ccccc1C2=O. The van der Waals surface area contributed by atoms with Crippen LogP contribution in [0.4, 0.5) is 0 Å². The molecule has 0 spiro atoms. The maximum Gasteiger partial charge on any atom is 0.195 e. The van der Waals surface area contributed by atoms with E-state index in [1.165, 1.54) is 0 Å². The van der Waals surface area contributed by atoms with Crippen molar-refractivity contribution in [3.8, 4) is 0 Å². The maximum absolute atomic E-state index is 12.5. The molecule has 0 saturated carbocycles. The lowest BCUT2D eigenvalue weighted by molar-refractivity contribution is 0.0978. The molecule has 0 aliphatic heterocycles. The van der Waals surface area contributed by atoms with Gasteiger partial charge in [-0.05, 0) is 34.5 Å². The molecule has 0 atom stereocenters. The van der Waals surface area contributed by atoms with Crippen molar-refractivity contribution in [1.82, 2.24) is 0 Å². The molecule has 2 aromatic rings. The lowest BCUT2D eigenvalue weighted by Gasteiger charge is -2.20. The highest BCUT2D eigenvalue weighted by atomic mass is 79.9. The van der Waals surface area contributed by atoms with Crippen molar-refractivity contribution in [1.29, 1.82) is 0 Å². The summed E-state index contributed by atoms with van der Waals surface area (Å²) in [5, 5.41) is 0. The van der Waals surface area contributed by atoms with Gasteiger partial charge in [-0.2, -0.15) is 0 Å². The van der Waals surface area contributed by atoms with Gasteiger partial charge in [0.05, 0.1) is 0 Å². The molecule has 94 valence electrons. The van der Waals surface area contributed by atoms with Crippen molar-refractivity contribution in [2.45, 2.75) is 6.92 Å². The van der Waals surface area contributed by atoms with E-state index in [1.807, 2.05) is 6.92 Å². The zero-order chi connectivity index (χ0) is 13.7. The Bertz CT molecular complexity index is 748. The molecule has 0 unspecified atom stereocenters. The fourth-order valence-corrected chi connectivity index (χ4v) is 3.58. The van der Waals surface area contributed by atoms with Crippen LogP contribution in [-0.4, -0.2) is 11.6 Å². The average Bonchev–Trinajstić information content (AvgIpc) is 2.42. The summed E-state index contributed by atoms with van der Waals surface area (Å²) in [5.74, 6) is -0.209. The molecule has 1 aliphatic rings. The Morgan fingerprint density at radius 3 is 2.11 bits per heavy atom. The fourth-order valence-electron chi connectivity index (χ4n) is 2.28. The van der Waals surface area contributed by atoms with Gasteiger partial charge in [0.15, 0.2) is 11.6 Å². The second kappa shape index (κ2) is 4.39. The molecule has 0 aromatic heterocycles. The molecule has 2 nitrogen and oxygen atoms in total. The molecule has 0 radical (unpaired) electrons. The third kappa shape index (κ3) is 1.74. The van der Waals surface area contributed by atoms with E-state index in [0.717, 1.165) is 10.0 Å². The van der Waals surface area contributed by atoms with Crippen molar-refractivity contribution in [3.05, 3.63) is 67.1 Å². The van der Waals surface area contributed by atoms with E-state index in [1.54, 1.807) is 30.3 Å². The van der Waals surface area contributed by atoms with Crippen LogP contribution in [0, 0.1) is 6.92 Å². The number of halogens is 2. The van der Waals surface area contributed by atoms with Gasteiger partial charge in [-0.3, -0.25) is 9.59 Å². The quantitative estimate of drug-likeness (QED) is 0.583. The molecule has 0 N–H and O–H groups in total. The van der Waals surface area contributed by atoms with Gasteiger partial charge >= 0.3 is 0 Å². The van der Waals surface area contributed by atoms with Crippen LogP contribution >= 0.6 is 31.9 Å². The minimum atomic E-state index is -0.105. The first-order chi connectivity index (χ1) is 9.02. The van der Waals surface area contributed by atoms with Crippen LogP contribution in [0.15, 0.2) is 39.3 Å². The molecule has 19 heavy (non-hydrogen) atoms. The predicted octanol–water partition coefficient (Wildman–Crippen LogP) is 4.30. The van der Waals surface area contributed by atoms with E-state index in [2.05, 4.69) is 31.9 Å². The summed E-state index contributed by atoms with van der Waals surface area (Å²) >= 11 is 6.85. The van der Waals surface area contributed by atoms with Gasteiger partial charge in [-0.1, -0.05) is 40.2 Å². The predicted molar refractivity (Wildman–Crippen MR) is 79.9 cm³/mol. The van der Waals surface area contributed by atoms with Gasteiger partial charge < -0.3 is 0 Å². The number of fused-ring (bicyclic) bond motifs is 2. The van der Waals surface area contributed by atoms with Crippen molar-refractivity contribution < 1.29 is 9.59 Å². The van der Waals surface area contributed by atoms with Gasteiger partial charge in [0.25, 0.3) is 0 Å². The summed E-state index contributed by atoms with van der Waals surface area (Å²) in [6, 6.07) is 8.66. The molecule has 0 saturated heterocycles. The number of rotatable bonds is 0. The van der Waals surface area contributed by atoms with Crippen LogP contribution in [0.2, 0.25) is 0 Å². The topological polar surface area (TPSA) is 34.1 Å². The smallest absolute Gasteiger partial charge is 0.195 e. The molecule has 4 heteroatoms. The van der Waals surface area contributed by atoms with E-state index < -0.39 is 0 Å². The van der Waals surface area contributed by atoms with Crippen LogP contribution in [-0.2, 0) is 0 Å². The summed E-state index contributed by atoms with van der Waals surface area (Å²) in [5.41, 5.74) is 2.78. The first-order valence-corrected chi connectivity index (χ1v) is 7.28. The molecular formula is C15H8Br2O2. The third-order valence-electron chi connectivity index (χ3n) is 3.34. The standard InChI is InChI=1S/C15H8Br2O2/c1-7-11(16)6-10-12(13(7)17)15(19)9-5-3-2-4-8(9)14(10)18/h2-6H,1H3. The molecule has 1 aliphatic carbocycles. The molecular weight excluding hydrogens is 372 g/mol. The number of hydrogen-bond donors (Lipinski definition) is 0. The van der Waals surface area contributed by atoms with E-state index in [-0.39, 0.29) is 11.6 Å². The van der Waals surface area contributed by atoms with Crippen LogP contribution in [0.1, 0.15) is 37.4 Å². The number of carbonyl (C=O) groups is 2. The summed E-state index contributed by atoms with van der Waals surface area (Å²) in [4.78, 5) is 25.0. The minimum Gasteiger partial charge on any atom is -0.289 e. The van der Waals surface area contributed by atoms with E-state index in [0.29, 0.717) is 26.7 Å². The lowest BCUT2D eigenvalue weighted by atomic mass is 9.83. The summed E-state index contributed by atoms with van der Waals surface area (Å²) in [6.07, 6.45) is 0. The Morgan fingerprint density at radius 2 is 1.47 bits per heavy atom. The third-order valence-corrected chi connectivity index (χ3v) is 5.15. The second-order valence-corrected chi connectivity index (χ2v) is 6.07. The van der Waals surface area contributed by atoms with Crippen LogP contribution < -0.4 is 0 Å². The highest BCUT2D eigenvalue weighted by Gasteiger charge is 2.32. The largest absolute Gasteiger partial charge is 0.289 e. The zero-order valence-electron chi connectivity index (χ0n) is 9.96. The first kappa shape index (κ1) is 12.8. The highest BCUT2D eigenvalue weighted by molar-refractivity contribution is 9.11. The van der Waals surface area contributed by atoms with Gasteiger partial charge in [0.1, 0.15) is 0 Å². The number of benzene rings is 2. The Morgan fingerprint density at radius 1 is 0.895 bits per heavy atom. The van der Waals surface area contributed by atoms with Crippen molar-refractivity contribution in [3.63, 3.8) is 0 Å². The van der Waals surface area contributed by atoms with Gasteiger partial charge in [0.2, 0.25) is 0 Å². The molecule has 0 fully saturated rings. The second-order valence-electron chi connectivity index (χ2n) is 4.42. The number of hydrogen-bond acceptors (Lipinski definition) is 2. The Labute approximate surface area is 127 Å². The lowest BCUT2D eigenvalue weighted by Crippen LogP contribution is -2.21. The zero-order valence-corrected chi connectivity index (χ0v) is 13.1. The molecule has 3 rings (SSSR count). The van der Waals surface area contributed by atoms with Crippen LogP contribution in [0.3, 0.4) is 0 Å². The number of ketones is 2. The van der Waals surface area contributed by atoms with E-state index >= 15 is 0 Å². The molecule has 2 aromatic carbocycles. The van der Waals surface area contributed by atoms with Crippen molar-refractivity contribution in [2.24, 2.45) is 0 Å². The van der Waals surface area contributed by atoms with Crippen molar-refractivity contribution in [2.75, 3.05) is 0 Å². The molecule has 0 bridgehead atoms. The monoisotopic (exact) mass is 378 g/mol. The maximum atomic E-state index is 12.5. The summed E-state index contributed by atoms with van der Waals surface area (Å²) in [7, 11) is 0. The number of carbonyl (C=O) groups excluding carboxylic acids is 2. The average molecular weight is 380 g/mol. The Hall–Kier alpha value is -1.26. The normalized spacial score (nSPS) is 13.2. The van der Waals surface area contributed by atoms with Crippen molar-refractivity contribution >= 4 is 43.4 Å². The summed E-state index contributed by atoms with van der Waals surface area (Å²) in [6.45, 7) is 1.90. The Balaban J connectivity index is 2.40. The fraction of sp³-hybridized carbons (Fsp3) is 0.0667. The van der Waals surface area contributed by atoms with E-state index in [9.17, 15) is 9.59 Å². The molecule has 0 amide bonds. The summed E-state index contributed by atoms with van der Waals surface area (Å²) < 4.78 is 1.50. The van der Waals surface area contributed by atoms with Gasteiger partial charge in [0, 0.05) is 31.2 Å². The van der Waals surface area contributed by atoms with Crippen LogP contribution in [0.5, 0.6) is 0 Å². The minimum absolute atomic E-state index is 0.104. The Kier molecular flexibility index (Phi) is 2.95. The van der Waals surface area contributed by atoms with E-state index in [4.69, 9.17) is 0 Å². The molecule has 0 heterocycles.